The SMILES string of the molecule is CCc1ccc(/C=C\C(=O)NCCO)cc1. The van der Waals surface area contributed by atoms with Gasteiger partial charge < -0.3 is 10.4 Å². The molecule has 1 rings (SSSR count). The summed E-state index contributed by atoms with van der Waals surface area (Å²) < 4.78 is 0. The molecular weight excluding hydrogens is 202 g/mol. The van der Waals surface area contributed by atoms with Crippen LogP contribution in [-0.4, -0.2) is 24.2 Å². The summed E-state index contributed by atoms with van der Waals surface area (Å²) in [5, 5.41) is 11.1. The molecule has 2 N–H and O–H groups in total. The van der Waals surface area contributed by atoms with E-state index in [4.69, 9.17) is 5.11 Å². The molecule has 0 bridgehead atoms. The Bertz CT molecular complexity index is 355. The normalized spacial score (nSPS) is 10.6. The maximum atomic E-state index is 11.2. The van der Waals surface area contributed by atoms with Gasteiger partial charge in [-0.15, -0.1) is 0 Å². The Hall–Kier alpha value is -1.61. The molecule has 1 amide bonds. The summed E-state index contributed by atoms with van der Waals surface area (Å²) in [6.07, 6.45) is 4.24. The number of hydrogen-bond donors (Lipinski definition) is 2. The van der Waals surface area contributed by atoms with Gasteiger partial charge in [0.1, 0.15) is 0 Å². The number of benzene rings is 1. The maximum Gasteiger partial charge on any atom is 0.244 e. The zero-order chi connectivity index (χ0) is 11.8. The second-order valence-corrected chi connectivity index (χ2v) is 3.44. The van der Waals surface area contributed by atoms with Gasteiger partial charge in [0.2, 0.25) is 5.91 Å². The van der Waals surface area contributed by atoms with Gasteiger partial charge in [-0.1, -0.05) is 31.2 Å². The third-order valence-corrected chi connectivity index (χ3v) is 2.23. The molecule has 1 aromatic carbocycles. The van der Waals surface area contributed by atoms with Gasteiger partial charge in [-0.25, -0.2) is 0 Å². The average molecular weight is 219 g/mol. The number of hydrogen-bond acceptors (Lipinski definition) is 2. The topological polar surface area (TPSA) is 49.3 Å². The zero-order valence-electron chi connectivity index (χ0n) is 9.44. The summed E-state index contributed by atoms with van der Waals surface area (Å²) in [5.41, 5.74) is 2.28. The van der Waals surface area contributed by atoms with Gasteiger partial charge in [0, 0.05) is 12.6 Å². The van der Waals surface area contributed by atoms with Crippen LogP contribution in [0.15, 0.2) is 30.3 Å². The van der Waals surface area contributed by atoms with Crippen molar-refractivity contribution < 1.29 is 9.90 Å². The first-order valence-corrected chi connectivity index (χ1v) is 5.42. The minimum Gasteiger partial charge on any atom is -0.395 e. The lowest BCUT2D eigenvalue weighted by Gasteiger charge is -1.98. The van der Waals surface area contributed by atoms with Crippen molar-refractivity contribution in [2.45, 2.75) is 13.3 Å². The minimum absolute atomic E-state index is 0.0369. The second-order valence-electron chi connectivity index (χ2n) is 3.44. The standard InChI is InChI=1S/C13H17NO2/c1-2-11-3-5-12(6-4-11)7-8-13(16)14-9-10-15/h3-8,15H,2,9-10H2,1H3,(H,14,16)/b8-7-. The Morgan fingerprint density at radius 1 is 1.38 bits per heavy atom. The van der Waals surface area contributed by atoms with E-state index in [1.54, 1.807) is 6.08 Å². The fourth-order valence-corrected chi connectivity index (χ4v) is 1.27. The fraction of sp³-hybridized carbons (Fsp3) is 0.308. The number of carbonyl (C=O) groups excluding carboxylic acids is 1. The van der Waals surface area contributed by atoms with E-state index in [0.29, 0.717) is 0 Å². The van der Waals surface area contributed by atoms with Crippen molar-refractivity contribution in [3.05, 3.63) is 41.5 Å². The molecule has 16 heavy (non-hydrogen) atoms. The number of aryl methyl sites for hydroxylation is 1. The van der Waals surface area contributed by atoms with E-state index in [-0.39, 0.29) is 19.1 Å². The quantitative estimate of drug-likeness (QED) is 0.735. The number of aliphatic hydroxyl groups is 1. The zero-order valence-corrected chi connectivity index (χ0v) is 9.44. The Balaban J connectivity index is 2.52. The maximum absolute atomic E-state index is 11.2. The van der Waals surface area contributed by atoms with Crippen LogP contribution in [0.4, 0.5) is 0 Å². The number of nitrogens with one attached hydrogen (secondary N) is 1. The minimum atomic E-state index is -0.186. The van der Waals surface area contributed by atoms with E-state index in [0.717, 1.165) is 12.0 Å². The fourth-order valence-electron chi connectivity index (χ4n) is 1.27. The average Bonchev–Trinajstić information content (AvgIpc) is 2.34. The lowest BCUT2D eigenvalue weighted by atomic mass is 10.1. The highest BCUT2D eigenvalue weighted by molar-refractivity contribution is 5.91. The van der Waals surface area contributed by atoms with Crippen LogP contribution in [0.25, 0.3) is 6.08 Å². The Morgan fingerprint density at radius 2 is 2.06 bits per heavy atom. The van der Waals surface area contributed by atoms with Crippen LogP contribution in [0.5, 0.6) is 0 Å². The Labute approximate surface area is 95.8 Å². The molecule has 86 valence electrons. The van der Waals surface area contributed by atoms with Gasteiger partial charge in [0.05, 0.1) is 6.61 Å². The van der Waals surface area contributed by atoms with Crippen LogP contribution >= 0.6 is 0 Å². The van der Waals surface area contributed by atoms with Gasteiger partial charge in [-0.2, -0.15) is 0 Å². The smallest absolute Gasteiger partial charge is 0.244 e. The summed E-state index contributed by atoms with van der Waals surface area (Å²) >= 11 is 0. The Kier molecular flexibility index (Phi) is 5.29. The van der Waals surface area contributed by atoms with E-state index in [9.17, 15) is 4.79 Å². The summed E-state index contributed by atoms with van der Waals surface area (Å²) in [6, 6.07) is 8.06. The molecule has 0 aliphatic carbocycles. The highest BCUT2D eigenvalue weighted by atomic mass is 16.3. The summed E-state index contributed by atoms with van der Waals surface area (Å²) in [6.45, 7) is 2.36. The van der Waals surface area contributed by atoms with Crippen molar-refractivity contribution in [3.8, 4) is 0 Å². The van der Waals surface area contributed by atoms with Crippen LogP contribution < -0.4 is 5.32 Å². The third kappa shape index (κ3) is 4.28. The van der Waals surface area contributed by atoms with Crippen LogP contribution in [0.2, 0.25) is 0 Å². The van der Waals surface area contributed by atoms with Gasteiger partial charge in [-0.05, 0) is 23.6 Å². The predicted octanol–water partition coefficient (Wildman–Crippen LogP) is 1.37. The molecule has 0 heterocycles. The Morgan fingerprint density at radius 3 is 2.62 bits per heavy atom. The summed E-state index contributed by atoms with van der Waals surface area (Å²) in [4.78, 5) is 11.2. The lowest BCUT2D eigenvalue weighted by Crippen LogP contribution is -2.24. The number of carbonyl (C=O) groups is 1. The molecule has 0 radical (unpaired) electrons. The van der Waals surface area contributed by atoms with Gasteiger partial charge in [-0.3, -0.25) is 4.79 Å². The monoisotopic (exact) mass is 219 g/mol. The van der Waals surface area contributed by atoms with Crippen molar-refractivity contribution in [2.24, 2.45) is 0 Å². The molecule has 3 nitrogen and oxygen atoms in total. The second kappa shape index (κ2) is 6.80. The largest absolute Gasteiger partial charge is 0.395 e. The van der Waals surface area contributed by atoms with E-state index in [1.807, 2.05) is 24.3 Å². The van der Waals surface area contributed by atoms with Crippen molar-refractivity contribution in [3.63, 3.8) is 0 Å². The number of rotatable bonds is 5. The van der Waals surface area contributed by atoms with E-state index < -0.39 is 0 Å². The molecule has 0 aliphatic heterocycles. The molecule has 3 heteroatoms. The molecule has 0 spiro atoms. The molecule has 0 aliphatic rings. The predicted molar refractivity (Wildman–Crippen MR) is 64.9 cm³/mol. The molecule has 0 unspecified atom stereocenters. The molecule has 0 saturated carbocycles. The van der Waals surface area contributed by atoms with Crippen LogP contribution in [0, 0.1) is 0 Å². The van der Waals surface area contributed by atoms with Crippen LogP contribution in [0.3, 0.4) is 0 Å². The van der Waals surface area contributed by atoms with Crippen molar-refractivity contribution in [1.29, 1.82) is 0 Å². The van der Waals surface area contributed by atoms with Gasteiger partial charge in [0.25, 0.3) is 0 Å². The first-order valence-electron chi connectivity index (χ1n) is 5.42. The van der Waals surface area contributed by atoms with Crippen molar-refractivity contribution >= 4 is 12.0 Å². The number of aliphatic hydroxyl groups excluding tert-OH is 1. The van der Waals surface area contributed by atoms with Crippen molar-refractivity contribution in [2.75, 3.05) is 13.2 Å². The lowest BCUT2D eigenvalue weighted by molar-refractivity contribution is -0.116. The van der Waals surface area contributed by atoms with Gasteiger partial charge in [0.15, 0.2) is 0 Å². The molecule has 0 aromatic heterocycles. The van der Waals surface area contributed by atoms with Crippen molar-refractivity contribution in [1.82, 2.24) is 5.32 Å². The van der Waals surface area contributed by atoms with E-state index in [2.05, 4.69) is 12.2 Å². The van der Waals surface area contributed by atoms with E-state index in [1.165, 1.54) is 11.6 Å². The molecule has 0 fully saturated rings. The highest BCUT2D eigenvalue weighted by Crippen LogP contribution is 2.06. The first kappa shape index (κ1) is 12.5. The van der Waals surface area contributed by atoms with E-state index >= 15 is 0 Å². The van der Waals surface area contributed by atoms with Crippen LogP contribution in [0.1, 0.15) is 18.1 Å². The molecule has 0 saturated heterocycles. The van der Waals surface area contributed by atoms with Gasteiger partial charge >= 0.3 is 0 Å². The highest BCUT2D eigenvalue weighted by Gasteiger charge is 1.93. The third-order valence-electron chi connectivity index (χ3n) is 2.23. The first-order chi connectivity index (χ1) is 7.76. The van der Waals surface area contributed by atoms with Crippen LogP contribution in [-0.2, 0) is 11.2 Å². The molecule has 0 atom stereocenters. The summed E-state index contributed by atoms with van der Waals surface area (Å²) in [5.74, 6) is -0.186. The summed E-state index contributed by atoms with van der Waals surface area (Å²) in [7, 11) is 0. The number of amides is 1. The molecule has 1 aromatic rings. The molecular formula is C13H17NO2.